The maximum Gasteiger partial charge on any atom is 0.327 e. The fraction of sp³-hybridized carbons (Fsp3) is 0.222. The molecular formula is C9H10INO2. The molecule has 1 unspecified atom stereocenters. The lowest BCUT2D eigenvalue weighted by Crippen LogP contribution is -2.22. The van der Waals surface area contributed by atoms with Gasteiger partial charge in [0.2, 0.25) is 0 Å². The highest BCUT2D eigenvalue weighted by atomic mass is 127. The number of nitrogens with two attached hydrogens (primary N) is 1. The normalized spacial score (nSPS) is 12.2. The highest BCUT2D eigenvalue weighted by Crippen LogP contribution is 2.13. The van der Waals surface area contributed by atoms with Gasteiger partial charge >= 0.3 is 5.97 Å². The molecule has 13 heavy (non-hydrogen) atoms. The van der Waals surface area contributed by atoms with E-state index in [2.05, 4.69) is 27.3 Å². The van der Waals surface area contributed by atoms with E-state index < -0.39 is 12.0 Å². The van der Waals surface area contributed by atoms with Crippen LogP contribution in [0.4, 0.5) is 0 Å². The molecule has 1 aromatic rings. The summed E-state index contributed by atoms with van der Waals surface area (Å²) >= 11 is 2.19. The zero-order valence-corrected chi connectivity index (χ0v) is 9.32. The maximum atomic E-state index is 11.0. The molecule has 0 bridgehead atoms. The van der Waals surface area contributed by atoms with E-state index in [0.717, 1.165) is 9.13 Å². The Bertz CT molecular complexity index is 297. The van der Waals surface area contributed by atoms with Crippen molar-refractivity contribution in [3.8, 4) is 0 Å². The standard InChI is InChI=1S/C9H10INO2/c1-13-9(12)8(11)6-2-4-7(10)5-3-6/h2-5,8H,11H2,1H3. The van der Waals surface area contributed by atoms with Crippen molar-refractivity contribution in [2.75, 3.05) is 7.11 Å². The van der Waals surface area contributed by atoms with E-state index >= 15 is 0 Å². The Balaban J connectivity index is 2.83. The predicted molar refractivity (Wildman–Crippen MR) is 58.1 cm³/mol. The summed E-state index contributed by atoms with van der Waals surface area (Å²) in [6.45, 7) is 0. The van der Waals surface area contributed by atoms with Crippen LogP contribution in [0.1, 0.15) is 11.6 Å². The molecule has 4 heteroatoms. The minimum atomic E-state index is -0.679. The van der Waals surface area contributed by atoms with Crippen LogP contribution in [0.3, 0.4) is 0 Å². The molecule has 2 N–H and O–H groups in total. The lowest BCUT2D eigenvalue weighted by Gasteiger charge is -2.08. The van der Waals surface area contributed by atoms with Gasteiger partial charge in [-0.1, -0.05) is 12.1 Å². The van der Waals surface area contributed by atoms with Crippen molar-refractivity contribution >= 4 is 28.6 Å². The Morgan fingerprint density at radius 1 is 1.46 bits per heavy atom. The van der Waals surface area contributed by atoms with Crippen LogP contribution in [0.5, 0.6) is 0 Å². The molecular weight excluding hydrogens is 281 g/mol. The van der Waals surface area contributed by atoms with Crippen molar-refractivity contribution in [1.82, 2.24) is 0 Å². The largest absolute Gasteiger partial charge is 0.468 e. The molecule has 0 radical (unpaired) electrons. The molecule has 70 valence electrons. The molecule has 0 amide bonds. The van der Waals surface area contributed by atoms with Crippen molar-refractivity contribution < 1.29 is 9.53 Å². The predicted octanol–water partition coefficient (Wildman–Crippen LogP) is 1.46. The maximum absolute atomic E-state index is 11.0. The Labute approximate surface area is 90.4 Å². The lowest BCUT2D eigenvalue weighted by molar-refractivity contribution is -0.142. The first-order valence-electron chi connectivity index (χ1n) is 3.74. The molecule has 1 aromatic carbocycles. The Hall–Kier alpha value is -0.620. The summed E-state index contributed by atoms with van der Waals surface area (Å²) in [6, 6.07) is 6.77. The number of benzene rings is 1. The van der Waals surface area contributed by atoms with Gasteiger partial charge in [0, 0.05) is 3.57 Å². The number of methoxy groups -OCH3 is 1. The van der Waals surface area contributed by atoms with Crippen LogP contribution in [0.2, 0.25) is 0 Å². The van der Waals surface area contributed by atoms with Gasteiger partial charge < -0.3 is 10.5 Å². The molecule has 0 aliphatic rings. The van der Waals surface area contributed by atoms with Gasteiger partial charge in [-0.25, -0.2) is 0 Å². The van der Waals surface area contributed by atoms with E-state index in [4.69, 9.17) is 5.73 Å². The monoisotopic (exact) mass is 291 g/mol. The van der Waals surface area contributed by atoms with E-state index in [1.165, 1.54) is 7.11 Å². The van der Waals surface area contributed by atoms with Gasteiger partial charge in [0.15, 0.2) is 0 Å². The first-order chi connectivity index (χ1) is 6.15. The van der Waals surface area contributed by atoms with Crippen LogP contribution in [0.25, 0.3) is 0 Å². The van der Waals surface area contributed by atoms with Crippen LogP contribution < -0.4 is 5.73 Å². The molecule has 0 saturated carbocycles. The topological polar surface area (TPSA) is 52.3 Å². The molecule has 0 saturated heterocycles. The van der Waals surface area contributed by atoms with Gasteiger partial charge in [0.05, 0.1) is 7.11 Å². The van der Waals surface area contributed by atoms with Gasteiger partial charge in [-0.15, -0.1) is 0 Å². The van der Waals surface area contributed by atoms with Gasteiger partial charge in [-0.3, -0.25) is 4.79 Å². The summed E-state index contributed by atoms with van der Waals surface area (Å²) in [6.07, 6.45) is 0. The fourth-order valence-corrected chi connectivity index (χ4v) is 1.29. The number of hydrogen-bond donors (Lipinski definition) is 1. The average molecular weight is 291 g/mol. The smallest absolute Gasteiger partial charge is 0.327 e. The van der Waals surface area contributed by atoms with Crippen LogP contribution in [-0.4, -0.2) is 13.1 Å². The second-order valence-corrected chi connectivity index (χ2v) is 3.80. The van der Waals surface area contributed by atoms with Crippen LogP contribution in [0, 0.1) is 3.57 Å². The number of carbonyl (C=O) groups is 1. The summed E-state index contributed by atoms with van der Waals surface area (Å²) in [5, 5.41) is 0. The van der Waals surface area contributed by atoms with Gasteiger partial charge in [0.1, 0.15) is 6.04 Å². The quantitative estimate of drug-likeness (QED) is 0.663. The average Bonchev–Trinajstić information content (AvgIpc) is 2.17. The first kappa shape index (κ1) is 10.5. The van der Waals surface area contributed by atoms with Crippen molar-refractivity contribution in [3.05, 3.63) is 33.4 Å². The number of hydrogen-bond acceptors (Lipinski definition) is 3. The Morgan fingerprint density at radius 2 is 2.00 bits per heavy atom. The van der Waals surface area contributed by atoms with Crippen molar-refractivity contribution in [2.45, 2.75) is 6.04 Å². The van der Waals surface area contributed by atoms with Gasteiger partial charge in [-0.2, -0.15) is 0 Å². The zero-order valence-electron chi connectivity index (χ0n) is 7.16. The van der Waals surface area contributed by atoms with E-state index in [9.17, 15) is 4.79 Å². The number of rotatable bonds is 2. The minimum Gasteiger partial charge on any atom is -0.468 e. The summed E-state index contributed by atoms with van der Waals surface area (Å²) in [4.78, 5) is 11.0. The third-order valence-electron chi connectivity index (χ3n) is 1.68. The van der Waals surface area contributed by atoms with Crippen LogP contribution in [-0.2, 0) is 9.53 Å². The van der Waals surface area contributed by atoms with Crippen molar-refractivity contribution in [2.24, 2.45) is 5.73 Å². The van der Waals surface area contributed by atoms with E-state index in [-0.39, 0.29) is 0 Å². The third kappa shape index (κ3) is 2.67. The minimum absolute atomic E-state index is 0.416. The van der Waals surface area contributed by atoms with Gasteiger partial charge in [-0.05, 0) is 40.3 Å². The van der Waals surface area contributed by atoms with E-state index in [1.54, 1.807) is 0 Å². The van der Waals surface area contributed by atoms with Gasteiger partial charge in [0.25, 0.3) is 0 Å². The molecule has 0 fully saturated rings. The summed E-state index contributed by atoms with van der Waals surface area (Å²) in [5.41, 5.74) is 6.39. The van der Waals surface area contributed by atoms with E-state index in [1.807, 2.05) is 24.3 Å². The highest BCUT2D eigenvalue weighted by molar-refractivity contribution is 14.1. The van der Waals surface area contributed by atoms with Crippen molar-refractivity contribution in [1.29, 1.82) is 0 Å². The molecule has 0 aromatic heterocycles. The molecule has 0 spiro atoms. The zero-order chi connectivity index (χ0) is 9.84. The van der Waals surface area contributed by atoms with Crippen LogP contribution in [0.15, 0.2) is 24.3 Å². The Kier molecular flexibility index (Phi) is 3.68. The third-order valence-corrected chi connectivity index (χ3v) is 2.40. The number of esters is 1. The number of ether oxygens (including phenoxy) is 1. The highest BCUT2D eigenvalue weighted by Gasteiger charge is 2.15. The first-order valence-corrected chi connectivity index (χ1v) is 4.82. The number of halogens is 1. The van der Waals surface area contributed by atoms with E-state index in [0.29, 0.717) is 0 Å². The molecule has 1 rings (SSSR count). The second-order valence-electron chi connectivity index (χ2n) is 2.55. The SMILES string of the molecule is COC(=O)C(N)c1ccc(I)cc1. The van der Waals surface area contributed by atoms with Crippen LogP contribution >= 0.6 is 22.6 Å². The summed E-state index contributed by atoms with van der Waals surface area (Å²) in [5.74, 6) is -0.416. The molecule has 0 aliphatic carbocycles. The Morgan fingerprint density at radius 3 is 2.46 bits per heavy atom. The lowest BCUT2D eigenvalue weighted by atomic mass is 10.1. The molecule has 0 aliphatic heterocycles. The molecule has 1 atom stereocenters. The number of carbonyl (C=O) groups excluding carboxylic acids is 1. The summed E-state index contributed by atoms with van der Waals surface area (Å²) < 4.78 is 5.64. The van der Waals surface area contributed by atoms with Crippen molar-refractivity contribution in [3.63, 3.8) is 0 Å². The second kappa shape index (κ2) is 4.57. The molecule has 3 nitrogen and oxygen atoms in total. The summed E-state index contributed by atoms with van der Waals surface area (Å²) in [7, 11) is 1.33. The molecule has 0 heterocycles. The fourth-order valence-electron chi connectivity index (χ4n) is 0.933.